The van der Waals surface area contributed by atoms with Crippen LogP contribution in [0.15, 0.2) is 51.5 Å². The standard InChI is InChI=1S/C17H20Br2N2/c1-3-9-21-17(12(2)16-6-4-5-10-20-16)14-8-7-13(18)11-15(14)19/h4-8,10-12,17,21H,3,9H2,1-2H3. The van der Waals surface area contributed by atoms with Gasteiger partial charge in [-0.3, -0.25) is 4.98 Å². The van der Waals surface area contributed by atoms with Crippen LogP contribution in [0.4, 0.5) is 0 Å². The molecular weight excluding hydrogens is 392 g/mol. The quantitative estimate of drug-likeness (QED) is 0.683. The minimum absolute atomic E-state index is 0.238. The van der Waals surface area contributed by atoms with E-state index in [1.54, 1.807) is 0 Å². The van der Waals surface area contributed by atoms with Gasteiger partial charge in [-0.2, -0.15) is 0 Å². The molecule has 0 bridgehead atoms. The van der Waals surface area contributed by atoms with E-state index in [4.69, 9.17) is 0 Å². The number of pyridine rings is 1. The first kappa shape index (κ1) is 16.7. The second-order valence-electron chi connectivity index (χ2n) is 5.14. The third-order valence-corrected chi connectivity index (χ3v) is 4.75. The van der Waals surface area contributed by atoms with E-state index in [9.17, 15) is 0 Å². The molecule has 0 fully saturated rings. The maximum atomic E-state index is 4.52. The summed E-state index contributed by atoms with van der Waals surface area (Å²) in [6.45, 7) is 5.40. The van der Waals surface area contributed by atoms with Gasteiger partial charge in [0, 0.05) is 32.8 Å². The first-order chi connectivity index (χ1) is 10.1. The van der Waals surface area contributed by atoms with Crippen LogP contribution in [-0.4, -0.2) is 11.5 Å². The van der Waals surface area contributed by atoms with Crippen LogP contribution in [0.25, 0.3) is 0 Å². The van der Waals surface area contributed by atoms with Gasteiger partial charge in [-0.25, -0.2) is 0 Å². The van der Waals surface area contributed by atoms with Gasteiger partial charge in [0.1, 0.15) is 0 Å². The molecule has 0 radical (unpaired) electrons. The van der Waals surface area contributed by atoms with E-state index < -0.39 is 0 Å². The van der Waals surface area contributed by atoms with Gasteiger partial charge in [0.25, 0.3) is 0 Å². The number of hydrogen-bond donors (Lipinski definition) is 1. The van der Waals surface area contributed by atoms with Crippen LogP contribution >= 0.6 is 31.9 Å². The van der Waals surface area contributed by atoms with Crippen LogP contribution in [0.3, 0.4) is 0 Å². The molecule has 0 saturated carbocycles. The summed E-state index contributed by atoms with van der Waals surface area (Å²) in [7, 11) is 0. The highest BCUT2D eigenvalue weighted by Crippen LogP contribution is 2.35. The molecule has 4 heteroatoms. The van der Waals surface area contributed by atoms with Gasteiger partial charge < -0.3 is 5.32 Å². The second kappa shape index (κ2) is 8.06. The maximum Gasteiger partial charge on any atom is 0.0450 e. The van der Waals surface area contributed by atoms with Crippen molar-refractivity contribution >= 4 is 31.9 Å². The molecule has 2 nitrogen and oxygen atoms in total. The molecule has 0 saturated heterocycles. The Morgan fingerprint density at radius 2 is 2.00 bits per heavy atom. The van der Waals surface area contributed by atoms with Crippen LogP contribution in [0, 0.1) is 0 Å². The SMILES string of the molecule is CCCNC(c1ccc(Br)cc1Br)C(C)c1ccccn1. The summed E-state index contributed by atoms with van der Waals surface area (Å²) in [5.41, 5.74) is 2.38. The Bertz CT molecular complexity index is 572. The van der Waals surface area contributed by atoms with Gasteiger partial charge in [-0.1, -0.05) is 57.8 Å². The minimum Gasteiger partial charge on any atom is -0.309 e. The van der Waals surface area contributed by atoms with Crippen molar-refractivity contribution in [2.45, 2.75) is 32.2 Å². The molecular formula is C17H20Br2N2. The summed E-state index contributed by atoms with van der Waals surface area (Å²) >= 11 is 7.21. The Morgan fingerprint density at radius 1 is 1.19 bits per heavy atom. The van der Waals surface area contributed by atoms with E-state index in [0.29, 0.717) is 5.92 Å². The molecule has 1 N–H and O–H groups in total. The van der Waals surface area contributed by atoms with Crippen LogP contribution in [0.1, 0.15) is 43.5 Å². The number of aromatic nitrogens is 1. The largest absolute Gasteiger partial charge is 0.309 e. The summed E-state index contributed by atoms with van der Waals surface area (Å²) in [6.07, 6.45) is 2.97. The number of halogens is 2. The molecule has 112 valence electrons. The van der Waals surface area contributed by atoms with Crippen molar-refractivity contribution < 1.29 is 0 Å². The van der Waals surface area contributed by atoms with Crippen molar-refractivity contribution in [2.75, 3.05) is 6.54 Å². The highest BCUT2D eigenvalue weighted by atomic mass is 79.9. The molecule has 2 aromatic rings. The van der Waals surface area contributed by atoms with Crippen molar-refractivity contribution in [1.29, 1.82) is 0 Å². The van der Waals surface area contributed by atoms with Crippen LogP contribution < -0.4 is 5.32 Å². The Kier molecular flexibility index (Phi) is 6.40. The van der Waals surface area contributed by atoms with E-state index in [0.717, 1.165) is 27.6 Å². The van der Waals surface area contributed by atoms with Gasteiger partial charge in [-0.15, -0.1) is 0 Å². The molecule has 1 heterocycles. The van der Waals surface area contributed by atoms with Crippen molar-refractivity contribution in [1.82, 2.24) is 10.3 Å². The molecule has 1 aromatic carbocycles. The first-order valence-electron chi connectivity index (χ1n) is 7.22. The van der Waals surface area contributed by atoms with Crippen molar-refractivity contribution in [3.05, 3.63) is 62.8 Å². The summed E-state index contributed by atoms with van der Waals surface area (Å²) in [5.74, 6) is 0.301. The van der Waals surface area contributed by atoms with Gasteiger partial charge in [0.15, 0.2) is 0 Å². The fraction of sp³-hybridized carbons (Fsp3) is 0.353. The molecule has 0 amide bonds. The Morgan fingerprint density at radius 3 is 2.62 bits per heavy atom. The predicted molar refractivity (Wildman–Crippen MR) is 95.5 cm³/mol. The first-order valence-corrected chi connectivity index (χ1v) is 8.81. The second-order valence-corrected chi connectivity index (χ2v) is 6.91. The molecule has 2 rings (SSSR count). The third kappa shape index (κ3) is 4.38. The topological polar surface area (TPSA) is 24.9 Å². The third-order valence-electron chi connectivity index (χ3n) is 3.57. The average molecular weight is 412 g/mol. The van der Waals surface area contributed by atoms with E-state index >= 15 is 0 Å². The molecule has 21 heavy (non-hydrogen) atoms. The van der Waals surface area contributed by atoms with Gasteiger partial charge >= 0.3 is 0 Å². The maximum absolute atomic E-state index is 4.52. The molecule has 2 unspecified atom stereocenters. The Balaban J connectivity index is 2.33. The summed E-state index contributed by atoms with van der Waals surface area (Å²) in [4.78, 5) is 4.52. The molecule has 0 aliphatic heterocycles. The lowest BCUT2D eigenvalue weighted by Crippen LogP contribution is -2.27. The summed E-state index contributed by atoms with van der Waals surface area (Å²) in [6, 6.07) is 12.7. The number of nitrogens with zero attached hydrogens (tertiary/aromatic N) is 1. The highest BCUT2D eigenvalue weighted by molar-refractivity contribution is 9.11. The molecule has 2 atom stereocenters. The van der Waals surface area contributed by atoms with Crippen LogP contribution in [0.2, 0.25) is 0 Å². The van der Waals surface area contributed by atoms with E-state index in [-0.39, 0.29) is 6.04 Å². The summed E-state index contributed by atoms with van der Waals surface area (Å²) in [5, 5.41) is 3.66. The van der Waals surface area contributed by atoms with Crippen molar-refractivity contribution in [3.8, 4) is 0 Å². The minimum atomic E-state index is 0.238. The normalized spacial score (nSPS) is 13.9. The summed E-state index contributed by atoms with van der Waals surface area (Å²) < 4.78 is 2.20. The van der Waals surface area contributed by atoms with Crippen LogP contribution in [0.5, 0.6) is 0 Å². The Hall–Kier alpha value is -0.710. The number of hydrogen-bond acceptors (Lipinski definition) is 2. The number of rotatable bonds is 6. The zero-order valence-corrected chi connectivity index (χ0v) is 15.5. The van der Waals surface area contributed by atoms with Crippen molar-refractivity contribution in [2.24, 2.45) is 0 Å². The lowest BCUT2D eigenvalue weighted by atomic mass is 9.91. The number of benzene rings is 1. The van der Waals surface area contributed by atoms with Gasteiger partial charge in [-0.05, 0) is 42.8 Å². The van der Waals surface area contributed by atoms with Gasteiger partial charge in [0.05, 0.1) is 0 Å². The monoisotopic (exact) mass is 410 g/mol. The molecule has 0 aliphatic carbocycles. The molecule has 0 aliphatic rings. The fourth-order valence-electron chi connectivity index (χ4n) is 2.43. The van der Waals surface area contributed by atoms with Crippen molar-refractivity contribution in [3.63, 3.8) is 0 Å². The van der Waals surface area contributed by atoms with E-state index in [1.807, 2.05) is 18.3 Å². The molecule has 1 aromatic heterocycles. The zero-order valence-electron chi connectivity index (χ0n) is 12.3. The lowest BCUT2D eigenvalue weighted by Gasteiger charge is -2.26. The van der Waals surface area contributed by atoms with E-state index in [2.05, 4.69) is 80.3 Å². The van der Waals surface area contributed by atoms with Crippen LogP contribution in [-0.2, 0) is 0 Å². The van der Waals surface area contributed by atoms with Gasteiger partial charge in [0.2, 0.25) is 0 Å². The zero-order chi connectivity index (χ0) is 15.2. The fourth-order valence-corrected chi connectivity index (χ4v) is 3.72. The number of nitrogens with one attached hydrogen (secondary N) is 1. The molecule has 0 spiro atoms. The van der Waals surface area contributed by atoms with E-state index in [1.165, 1.54) is 5.56 Å². The lowest BCUT2D eigenvalue weighted by molar-refractivity contribution is 0.458. The highest BCUT2D eigenvalue weighted by Gasteiger charge is 2.23. The average Bonchev–Trinajstić information content (AvgIpc) is 2.50. The predicted octanol–water partition coefficient (Wildman–Crippen LogP) is 5.45. The smallest absolute Gasteiger partial charge is 0.0450 e. The Labute approximate surface area is 143 Å².